The molecule has 0 radical (unpaired) electrons. The van der Waals surface area contributed by atoms with Crippen molar-refractivity contribution in [3.05, 3.63) is 42.4 Å². The zero-order valence-electron chi connectivity index (χ0n) is 11.2. The van der Waals surface area contributed by atoms with Crippen molar-refractivity contribution in [1.29, 1.82) is 0 Å². The van der Waals surface area contributed by atoms with Crippen LogP contribution in [0.25, 0.3) is 11.3 Å². The highest BCUT2D eigenvalue weighted by Gasteiger charge is 2.11. The summed E-state index contributed by atoms with van der Waals surface area (Å²) in [7, 11) is 0. The average molecular weight is 277 g/mol. The number of halogens is 2. The van der Waals surface area contributed by atoms with Gasteiger partial charge < -0.3 is 9.47 Å². The number of nitrogens with zero attached hydrogens (tertiary/aromatic N) is 3. The molecule has 106 valence electrons. The van der Waals surface area contributed by atoms with Crippen LogP contribution in [-0.4, -0.2) is 34.1 Å². The third-order valence-corrected chi connectivity index (χ3v) is 3.72. The number of likely N-dealkylation sites (tertiary alicyclic amines) is 1. The van der Waals surface area contributed by atoms with Crippen LogP contribution in [-0.2, 0) is 6.54 Å². The highest BCUT2D eigenvalue weighted by Crippen LogP contribution is 2.19. The van der Waals surface area contributed by atoms with Crippen molar-refractivity contribution in [3.8, 4) is 11.3 Å². The highest BCUT2D eigenvalue weighted by atomic mass is 19.2. The number of hydrogen-bond acceptors (Lipinski definition) is 2. The van der Waals surface area contributed by atoms with Gasteiger partial charge >= 0.3 is 0 Å². The van der Waals surface area contributed by atoms with Crippen molar-refractivity contribution < 1.29 is 8.78 Å². The van der Waals surface area contributed by atoms with Gasteiger partial charge in [-0.2, -0.15) is 0 Å². The van der Waals surface area contributed by atoms with Crippen molar-refractivity contribution in [2.24, 2.45) is 0 Å². The summed E-state index contributed by atoms with van der Waals surface area (Å²) in [5.41, 5.74) is 1.27. The molecular weight excluding hydrogens is 260 g/mol. The van der Waals surface area contributed by atoms with Gasteiger partial charge in [-0.1, -0.05) is 0 Å². The van der Waals surface area contributed by atoms with Crippen LogP contribution in [0.15, 0.2) is 30.7 Å². The van der Waals surface area contributed by atoms with E-state index in [4.69, 9.17) is 0 Å². The fourth-order valence-corrected chi connectivity index (χ4v) is 2.55. The molecule has 0 aliphatic carbocycles. The van der Waals surface area contributed by atoms with Gasteiger partial charge in [0.15, 0.2) is 11.6 Å². The third kappa shape index (κ3) is 2.88. The fourth-order valence-electron chi connectivity index (χ4n) is 2.55. The molecule has 0 N–H and O–H groups in total. The summed E-state index contributed by atoms with van der Waals surface area (Å²) >= 11 is 0. The van der Waals surface area contributed by atoms with Gasteiger partial charge in [0.2, 0.25) is 0 Å². The Labute approximate surface area is 116 Å². The minimum Gasteiger partial charge on any atom is -0.336 e. The monoisotopic (exact) mass is 277 g/mol. The lowest BCUT2D eigenvalue weighted by molar-refractivity contribution is 0.322. The van der Waals surface area contributed by atoms with Gasteiger partial charge in [-0.05, 0) is 44.1 Å². The Kier molecular flexibility index (Phi) is 3.78. The summed E-state index contributed by atoms with van der Waals surface area (Å²) in [4.78, 5) is 6.69. The molecule has 3 nitrogen and oxygen atoms in total. The van der Waals surface area contributed by atoms with Crippen LogP contribution >= 0.6 is 0 Å². The van der Waals surface area contributed by atoms with E-state index in [0.717, 1.165) is 19.2 Å². The second kappa shape index (κ2) is 5.71. The zero-order chi connectivity index (χ0) is 13.9. The number of hydrogen-bond donors (Lipinski definition) is 0. The maximum atomic E-state index is 13.2. The molecule has 1 aromatic carbocycles. The summed E-state index contributed by atoms with van der Waals surface area (Å²) < 4.78 is 28.1. The smallest absolute Gasteiger partial charge is 0.159 e. The zero-order valence-corrected chi connectivity index (χ0v) is 11.2. The molecule has 1 saturated heterocycles. The summed E-state index contributed by atoms with van der Waals surface area (Å²) in [5.74, 6) is -1.67. The van der Waals surface area contributed by atoms with Gasteiger partial charge in [-0.25, -0.2) is 13.8 Å². The molecule has 1 aliphatic heterocycles. The van der Waals surface area contributed by atoms with Gasteiger partial charge in [0.25, 0.3) is 0 Å². The summed E-state index contributed by atoms with van der Waals surface area (Å²) in [5, 5.41) is 0. The van der Waals surface area contributed by atoms with Crippen LogP contribution in [0.5, 0.6) is 0 Å². The molecule has 0 spiro atoms. The van der Waals surface area contributed by atoms with Gasteiger partial charge in [-0.3, -0.25) is 0 Å². The van der Waals surface area contributed by atoms with Crippen molar-refractivity contribution in [2.45, 2.75) is 19.4 Å². The minimum absolute atomic E-state index is 0.601. The van der Waals surface area contributed by atoms with Crippen LogP contribution in [0.4, 0.5) is 8.78 Å². The molecule has 2 aromatic rings. The quantitative estimate of drug-likeness (QED) is 0.856. The Hall–Kier alpha value is -1.75. The Bertz CT molecular complexity index is 589. The molecule has 5 heteroatoms. The lowest BCUT2D eigenvalue weighted by Gasteiger charge is -2.14. The molecule has 1 fully saturated rings. The standard InChI is InChI=1S/C15H17F2N3/c16-13-4-3-12(9-14(13)17)15-10-20(11-18-15)8-7-19-5-1-2-6-19/h3-4,9-11H,1-2,5-8H2. The molecule has 0 bridgehead atoms. The normalized spacial score (nSPS) is 15.9. The van der Waals surface area contributed by atoms with Crippen LogP contribution in [0.2, 0.25) is 0 Å². The fraction of sp³-hybridized carbons (Fsp3) is 0.400. The van der Waals surface area contributed by atoms with E-state index >= 15 is 0 Å². The second-order valence-electron chi connectivity index (χ2n) is 5.17. The molecule has 3 rings (SSSR count). The first-order valence-corrected chi connectivity index (χ1v) is 6.92. The number of rotatable bonds is 4. The van der Waals surface area contributed by atoms with Crippen molar-refractivity contribution >= 4 is 0 Å². The van der Waals surface area contributed by atoms with Crippen LogP contribution in [0.1, 0.15) is 12.8 Å². The molecule has 1 aromatic heterocycles. The topological polar surface area (TPSA) is 21.1 Å². The predicted molar refractivity (Wildman–Crippen MR) is 73.3 cm³/mol. The van der Waals surface area contributed by atoms with Crippen LogP contribution < -0.4 is 0 Å². The van der Waals surface area contributed by atoms with Gasteiger partial charge in [0.1, 0.15) is 0 Å². The lowest BCUT2D eigenvalue weighted by atomic mass is 10.1. The van der Waals surface area contributed by atoms with E-state index in [1.807, 2.05) is 10.8 Å². The first-order valence-electron chi connectivity index (χ1n) is 6.92. The predicted octanol–water partition coefficient (Wildman–Crippen LogP) is 2.92. The molecule has 20 heavy (non-hydrogen) atoms. The maximum absolute atomic E-state index is 13.2. The molecule has 2 heterocycles. The Morgan fingerprint density at radius 3 is 2.60 bits per heavy atom. The van der Waals surface area contributed by atoms with Crippen LogP contribution in [0, 0.1) is 11.6 Å². The highest BCUT2D eigenvalue weighted by molar-refractivity contribution is 5.58. The molecule has 1 aliphatic rings. The molecule has 0 amide bonds. The second-order valence-corrected chi connectivity index (χ2v) is 5.17. The van der Waals surface area contributed by atoms with E-state index < -0.39 is 11.6 Å². The summed E-state index contributed by atoms with van der Waals surface area (Å²) in [6.45, 7) is 4.22. The summed E-state index contributed by atoms with van der Waals surface area (Å²) in [6, 6.07) is 3.86. The van der Waals surface area contributed by atoms with E-state index in [9.17, 15) is 8.78 Å². The molecule has 0 saturated carbocycles. The van der Waals surface area contributed by atoms with Gasteiger partial charge in [0.05, 0.1) is 12.0 Å². The maximum Gasteiger partial charge on any atom is 0.159 e. The first-order chi connectivity index (χ1) is 9.72. The van der Waals surface area contributed by atoms with E-state index in [1.54, 1.807) is 12.4 Å². The van der Waals surface area contributed by atoms with Gasteiger partial charge in [0, 0.05) is 24.8 Å². The van der Waals surface area contributed by atoms with Crippen LogP contribution in [0.3, 0.4) is 0 Å². The van der Waals surface area contributed by atoms with Crippen molar-refractivity contribution in [3.63, 3.8) is 0 Å². The molecular formula is C15H17F2N3. The van der Waals surface area contributed by atoms with E-state index in [0.29, 0.717) is 11.3 Å². The minimum atomic E-state index is -0.839. The molecule has 0 unspecified atom stereocenters. The van der Waals surface area contributed by atoms with Crippen molar-refractivity contribution in [1.82, 2.24) is 14.5 Å². The number of imidazole rings is 1. The van der Waals surface area contributed by atoms with E-state index in [2.05, 4.69) is 9.88 Å². The first kappa shape index (κ1) is 13.2. The SMILES string of the molecule is Fc1ccc(-c2cn(CCN3CCCC3)cn2)cc1F. The number of aromatic nitrogens is 2. The average Bonchev–Trinajstić information content (AvgIpc) is 3.10. The van der Waals surface area contributed by atoms with E-state index in [1.165, 1.54) is 32.0 Å². The van der Waals surface area contributed by atoms with Gasteiger partial charge in [-0.15, -0.1) is 0 Å². The van der Waals surface area contributed by atoms with Crippen molar-refractivity contribution in [2.75, 3.05) is 19.6 Å². The Morgan fingerprint density at radius 2 is 1.85 bits per heavy atom. The number of benzene rings is 1. The summed E-state index contributed by atoms with van der Waals surface area (Å²) in [6.07, 6.45) is 6.18. The third-order valence-electron chi connectivity index (χ3n) is 3.72. The largest absolute Gasteiger partial charge is 0.336 e. The molecule has 0 atom stereocenters. The lowest BCUT2D eigenvalue weighted by Crippen LogP contribution is -2.23. The Balaban J connectivity index is 1.67. The van der Waals surface area contributed by atoms with E-state index in [-0.39, 0.29) is 0 Å². The Morgan fingerprint density at radius 1 is 1.05 bits per heavy atom.